The van der Waals surface area contributed by atoms with Crippen LogP contribution in [0.3, 0.4) is 0 Å². The van der Waals surface area contributed by atoms with Gasteiger partial charge in [0.1, 0.15) is 0 Å². The lowest BCUT2D eigenvalue weighted by molar-refractivity contribution is 0.00715. The largest absolute Gasteiger partial charge is 0.392 e. The van der Waals surface area contributed by atoms with E-state index < -0.39 is 0 Å². The Morgan fingerprint density at radius 3 is 2.74 bits per heavy atom. The summed E-state index contributed by atoms with van der Waals surface area (Å²) < 4.78 is 0. The summed E-state index contributed by atoms with van der Waals surface area (Å²) in [6.07, 6.45) is 6.35. The van der Waals surface area contributed by atoms with E-state index in [9.17, 15) is 5.11 Å². The molecule has 2 heterocycles. The molecule has 1 aliphatic heterocycles. The van der Waals surface area contributed by atoms with E-state index >= 15 is 0 Å². The van der Waals surface area contributed by atoms with Gasteiger partial charge in [-0.3, -0.25) is 4.99 Å². The Bertz CT molecular complexity index is 575. The minimum Gasteiger partial charge on any atom is -0.392 e. The van der Waals surface area contributed by atoms with E-state index in [2.05, 4.69) is 46.9 Å². The second-order valence-electron chi connectivity index (χ2n) is 7.97. The average Bonchev–Trinajstić information content (AvgIpc) is 3.18. The zero-order valence-electron chi connectivity index (χ0n) is 16.6. The second kappa shape index (κ2) is 10.9. The van der Waals surface area contributed by atoms with Crippen molar-refractivity contribution in [1.82, 2.24) is 10.6 Å². The normalized spacial score (nSPS) is 27.1. The summed E-state index contributed by atoms with van der Waals surface area (Å²) in [6.45, 7) is 8.02. The number of piperidine rings is 1. The molecule has 2 unspecified atom stereocenters. The van der Waals surface area contributed by atoms with Gasteiger partial charge in [-0.25, -0.2) is 0 Å². The topological polar surface area (TPSA) is 59.9 Å². The molecule has 0 amide bonds. The fourth-order valence-corrected chi connectivity index (χ4v) is 4.82. The fourth-order valence-electron chi connectivity index (χ4n) is 4.03. The number of rotatable bonds is 5. The number of thiophene rings is 1. The quantitative estimate of drug-likeness (QED) is 0.323. The Balaban J connectivity index is 0.00000261. The molecule has 0 spiro atoms. The van der Waals surface area contributed by atoms with Gasteiger partial charge in [-0.1, -0.05) is 19.8 Å². The molecule has 7 heteroatoms. The molecule has 2 aliphatic rings. The van der Waals surface area contributed by atoms with Crippen LogP contribution in [0.5, 0.6) is 0 Å². The lowest BCUT2D eigenvalue weighted by atomic mass is 9.73. The molecule has 1 aliphatic carbocycles. The van der Waals surface area contributed by atoms with Gasteiger partial charge in [-0.2, -0.15) is 0 Å². The minimum absolute atomic E-state index is 0. The molecule has 0 aromatic carbocycles. The molecule has 3 N–H and O–H groups in total. The van der Waals surface area contributed by atoms with Crippen LogP contribution in [0.1, 0.15) is 52.4 Å². The van der Waals surface area contributed by atoms with Crippen molar-refractivity contribution in [1.29, 1.82) is 0 Å². The lowest BCUT2D eigenvalue weighted by Gasteiger charge is -2.37. The Morgan fingerprint density at radius 2 is 2.11 bits per heavy atom. The molecule has 0 bridgehead atoms. The van der Waals surface area contributed by atoms with Crippen LogP contribution in [-0.4, -0.2) is 49.4 Å². The second-order valence-corrected chi connectivity index (χ2v) is 8.89. The summed E-state index contributed by atoms with van der Waals surface area (Å²) >= 11 is 1.82. The van der Waals surface area contributed by atoms with E-state index in [0.717, 1.165) is 57.7 Å². The first-order chi connectivity index (χ1) is 12.6. The van der Waals surface area contributed by atoms with Crippen LogP contribution in [0.25, 0.3) is 0 Å². The summed E-state index contributed by atoms with van der Waals surface area (Å²) in [4.78, 5) is 7.32. The first-order valence-electron chi connectivity index (χ1n) is 10.1. The lowest BCUT2D eigenvalue weighted by Crippen LogP contribution is -2.49. The summed E-state index contributed by atoms with van der Waals surface area (Å²) in [5, 5.41) is 20.9. The predicted molar refractivity (Wildman–Crippen MR) is 127 cm³/mol. The van der Waals surface area contributed by atoms with Crippen LogP contribution in [0.15, 0.2) is 22.5 Å². The van der Waals surface area contributed by atoms with Gasteiger partial charge in [0, 0.05) is 31.1 Å². The van der Waals surface area contributed by atoms with E-state index in [1.54, 1.807) is 0 Å². The van der Waals surface area contributed by atoms with Crippen LogP contribution >= 0.6 is 35.3 Å². The number of hydrogen-bond acceptors (Lipinski definition) is 4. The Kier molecular flexibility index (Phi) is 9.14. The van der Waals surface area contributed by atoms with Gasteiger partial charge in [0.15, 0.2) is 5.96 Å². The summed E-state index contributed by atoms with van der Waals surface area (Å²) in [5.74, 6) is 0.904. The van der Waals surface area contributed by atoms with Gasteiger partial charge in [0.25, 0.3) is 0 Å². The molecule has 154 valence electrons. The maximum absolute atomic E-state index is 10.4. The SMILES string of the molecule is CCNC(=NCC1(C)CCCCC1O)NC1CCN(c2cccs2)CC1.I. The van der Waals surface area contributed by atoms with Gasteiger partial charge >= 0.3 is 0 Å². The van der Waals surface area contributed by atoms with Gasteiger partial charge in [0.2, 0.25) is 0 Å². The molecule has 27 heavy (non-hydrogen) atoms. The highest BCUT2D eigenvalue weighted by Crippen LogP contribution is 2.36. The van der Waals surface area contributed by atoms with Crippen LogP contribution in [-0.2, 0) is 0 Å². The van der Waals surface area contributed by atoms with Crippen molar-refractivity contribution >= 4 is 46.3 Å². The summed E-state index contributed by atoms with van der Waals surface area (Å²) in [7, 11) is 0. The number of aliphatic hydroxyl groups is 1. The molecule has 1 aromatic heterocycles. The molecule has 0 radical (unpaired) electrons. The highest BCUT2D eigenvalue weighted by atomic mass is 127. The highest BCUT2D eigenvalue weighted by Gasteiger charge is 2.35. The smallest absolute Gasteiger partial charge is 0.191 e. The van der Waals surface area contributed by atoms with Crippen LogP contribution in [0.2, 0.25) is 0 Å². The van der Waals surface area contributed by atoms with Gasteiger partial charge < -0.3 is 20.6 Å². The van der Waals surface area contributed by atoms with Crippen molar-refractivity contribution in [3.05, 3.63) is 17.5 Å². The first-order valence-corrected chi connectivity index (χ1v) is 11.0. The maximum Gasteiger partial charge on any atom is 0.191 e. The number of anilines is 1. The first kappa shape index (κ1) is 22.7. The van der Waals surface area contributed by atoms with Crippen LogP contribution in [0, 0.1) is 5.41 Å². The van der Waals surface area contributed by atoms with Gasteiger partial charge in [-0.15, -0.1) is 35.3 Å². The number of halogens is 1. The van der Waals surface area contributed by atoms with Crippen molar-refractivity contribution in [2.45, 2.75) is 64.5 Å². The Hall–Kier alpha value is -0.540. The minimum atomic E-state index is -0.225. The molecule has 5 nitrogen and oxygen atoms in total. The van der Waals surface area contributed by atoms with E-state index in [-0.39, 0.29) is 35.5 Å². The van der Waals surface area contributed by atoms with Crippen molar-refractivity contribution in [2.75, 3.05) is 31.1 Å². The van der Waals surface area contributed by atoms with Gasteiger partial charge in [-0.05, 0) is 50.1 Å². The third kappa shape index (κ3) is 6.22. The van der Waals surface area contributed by atoms with Crippen molar-refractivity contribution < 1.29 is 5.11 Å². The molecule has 1 aromatic rings. The molecule has 1 saturated carbocycles. The van der Waals surface area contributed by atoms with Crippen molar-refractivity contribution in [3.8, 4) is 0 Å². The number of guanidine groups is 1. The van der Waals surface area contributed by atoms with E-state index in [0.29, 0.717) is 12.6 Å². The monoisotopic (exact) mass is 506 g/mol. The maximum atomic E-state index is 10.4. The number of nitrogens with zero attached hydrogens (tertiary/aromatic N) is 2. The molecule has 1 saturated heterocycles. The van der Waals surface area contributed by atoms with E-state index in [1.165, 1.54) is 11.4 Å². The van der Waals surface area contributed by atoms with E-state index in [1.807, 2.05) is 11.3 Å². The Labute approximate surface area is 185 Å². The van der Waals surface area contributed by atoms with Crippen molar-refractivity contribution in [2.24, 2.45) is 10.4 Å². The highest BCUT2D eigenvalue weighted by molar-refractivity contribution is 14.0. The average molecular weight is 506 g/mol. The summed E-state index contributed by atoms with van der Waals surface area (Å²) in [5.41, 5.74) is -0.0802. The molecule has 2 fully saturated rings. The van der Waals surface area contributed by atoms with Crippen molar-refractivity contribution in [3.63, 3.8) is 0 Å². The number of aliphatic hydroxyl groups excluding tert-OH is 1. The fraction of sp³-hybridized carbons (Fsp3) is 0.750. The Morgan fingerprint density at radius 1 is 1.33 bits per heavy atom. The third-order valence-corrected chi connectivity index (χ3v) is 6.81. The van der Waals surface area contributed by atoms with Crippen LogP contribution < -0.4 is 15.5 Å². The summed E-state index contributed by atoms with van der Waals surface area (Å²) in [6, 6.07) is 4.80. The zero-order valence-corrected chi connectivity index (χ0v) is 19.8. The molecular weight excluding hydrogens is 471 g/mol. The number of nitrogens with one attached hydrogen (secondary N) is 2. The number of hydrogen-bond donors (Lipinski definition) is 3. The molecule has 3 rings (SSSR count). The standard InChI is InChI=1S/C20H34N4OS.HI/c1-3-21-19(22-15-20(2)11-5-4-7-17(20)25)23-16-9-12-24(13-10-16)18-8-6-14-26-18;/h6,8,14,16-17,25H,3-5,7,9-13,15H2,1-2H3,(H2,21,22,23);1H. The van der Waals surface area contributed by atoms with E-state index in [4.69, 9.17) is 4.99 Å². The van der Waals surface area contributed by atoms with Gasteiger partial charge in [0.05, 0.1) is 17.6 Å². The molecular formula is C20H35IN4OS. The predicted octanol–water partition coefficient (Wildman–Crippen LogP) is 3.83. The third-order valence-electron chi connectivity index (χ3n) is 5.88. The number of aliphatic imine (C=N–C) groups is 1. The zero-order chi connectivity index (χ0) is 18.4. The molecule has 2 atom stereocenters. The van der Waals surface area contributed by atoms with Crippen LogP contribution in [0.4, 0.5) is 5.00 Å².